The first-order chi connectivity index (χ1) is 10.6. The van der Waals surface area contributed by atoms with Crippen LogP contribution in [0, 0.1) is 22.0 Å². The fourth-order valence-corrected chi connectivity index (χ4v) is 4.04. The second-order valence-electron chi connectivity index (χ2n) is 6.02. The lowest BCUT2D eigenvalue weighted by Crippen LogP contribution is -2.26. The quantitative estimate of drug-likeness (QED) is 0.554. The summed E-state index contributed by atoms with van der Waals surface area (Å²) in [5, 5.41) is 11.0. The molecule has 0 radical (unpaired) electrons. The van der Waals surface area contributed by atoms with Crippen LogP contribution in [0.25, 0.3) is 0 Å². The number of rotatable bonds is 7. The Morgan fingerprint density at radius 2 is 1.91 bits per heavy atom. The highest BCUT2D eigenvalue weighted by molar-refractivity contribution is 8.12. The monoisotopic (exact) mass is 321 g/mol. The van der Waals surface area contributed by atoms with E-state index in [2.05, 4.69) is 0 Å². The number of carbonyl (C=O) groups is 1. The molecule has 0 aromatic heterocycles. The number of carbonyl (C=O) groups excluding carboxylic acids is 1. The normalized spacial score (nSPS) is 17.1. The summed E-state index contributed by atoms with van der Waals surface area (Å²) in [6.45, 7) is -0.0672. The fourth-order valence-electron chi connectivity index (χ4n) is 3.19. The van der Waals surface area contributed by atoms with Gasteiger partial charge in [-0.2, -0.15) is 0 Å². The maximum absolute atomic E-state index is 12.2. The van der Waals surface area contributed by atoms with E-state index in [1.54, 1.807) is 0 Å². The van der Waals surface area contributed by atoms with E-state index in [9.17, 15) is 14.9 Å². The maximum Gasteiger partial charge on any atom is 0.207 e. The van der Waals surface area contributed by atoms with Crippen molar-refractivity contribution in [3.05, 3.63) is 46.0 Å². The Morgan fingerprint density at radius 1 is 1.23 bits per heavy atom. The molecule has 2 rings (SSSR count). The highest BCUT2D eigenvalue weighted by Gasteiger charge is 2.29. The average molecular weight is 321 g/mol. The summed E-state index contributed by atoms with van der Waals surface area (Å²) in [4.78, 5) is 22.8. The molecule has 22 heavy (non-hydrogen) atoms. The summed E-state index contributed by atoms with van der Waals surface area (Å²) < 4.78 is 0. The van der Waals surface area contributed by atoms with Crippen LogP contribution in [0.4, 0.5) is 0 Å². The van der Waals surface area contributed by atoms with Crippen molar-refractivity contribution in [1.82, 2.24) is 0 Å². The average Bonchev–Trinajstić information content (AvgIpc) is 2.54. The number of nitrogens with zero attached hydrogens (tertiary/aromatic N) is 1. The Bertz CT molecular complexity index is 486. The Kier molecular flexibility index (Phi) is 6.90. The molecule has 0 saturated heterocycles. The maximum atomic E-state index is 12.2. The predicted octanol–water partition coefficient (Wildman–Crippen LogP) is 4.31. The van der Waals surface area contributed by atoms with Crippen LogP contribution in [0.3, 0.4) is 0 Å². The molecule has 1 aromatic carbocycles. The van der Waals surface area contributed by atoms with Crippen LogP contribution >= 0.6 is 11.8 Å². The topological polar surface area (TPSA) is 60.2 Å². The second-order valence-corrected chi connectivity index (χ2v) is 7.06. The molecule has 1 saturated carbocycles. The van der Waals surface area contributed by atoms with Crippen molar-refractivity contribution in [2.75, 3.05) is 6.54 Å². The van der Waals surface area contributed by atoms with Crippen molar-refractivity contribution in [2.24, 2.45) is 11.8 Å². The van der Waals surface area contributed by atoms with E-state index in [1.165, 1.54) is 18.2 Å². The first-order valence-electron chi connectivity index (χ1n) is 7.96. The molecule has 1 aliphatic rings. The molecule has 4 nitrogen and oxygen atoms in total. The summed E-state index contributed by atoms with van der Waals surface area (Å²) >= 11 is 1.29. The van der Waals surface area contributed by atoms with Gasteiger partial charge in [0.1, 0.15) is 0 Å². The molecule has 1 aromatic rings. The van der Waals surface area contributed by atoms with E-state index in [0.29, 0.717) is 18.1 Å². The van der Waals surface area contributed by atoms with E-state index < -0.39 is 0 Å². The van der Waals surface area contributed by atoms with Crippen LogP contribution in [0.5, 0.6) is 0 Å². The number of thioether (sulfide) groups is 1. The Hall–Kier alpha value is -1.36. The SMILES string of the molecule is O=C(C[C@H](C[N+](=O)[O-])C1CCCCC1)SCc1ccccc1. The zero-order chi connectivity index (χ0) is 15.8. The molecule has 120 valence electrons. The highest BCUT2D eigenvalue weighted by atomic mass is 32.2. The van der Waals surface area contributed by atoms with Crippen molar-refractivity contribution in [2.45, 2.75) is 44.3 Å². The van der Waals surface area contributed by atoms with Gasteiger partial charge in [-0.15, -0.1) is 0 Å². The summed E-state index contributed by atoms with van der Waals surface area (Å²) in [5.41, 5.74) is 1.12. The summed E-state index contributed by atoms with van der Waals surface area (Å²) in [6, 6.07) is 9.86. The molecule has 0 N–H and O–H groups in total. The van der Waals surface area contributed by atoms with Crippen molar-refractivity contribution >= 4 is 16.9 Å². The highest BCUT2D eigenvalue weighted by Crippen LogP contribution is 2.33. The molecular weight excluding hydrogens is 298 g/mol. The number of nitro groups is 1. The Labute approximate surface area is 135 Å². The zero-order valence-electron chi connectivity index (χ0n) is 12.8. The van der Waals surface area contributed by atoms with Crippen molar-refractivity contribution < 1.29 is 9.72 Å². The number of benzene rings is 1. The van der Waals surface area contributed by atoms with Gasteiger partial charge in [-0.3, -0.25) is 14.9 Å². The molecule has 0 unspecified atom stereocenters. The van der Waals surface area contributed by atoms with Gasteiger partial charge in [-0.1, -0.05) is 61.4 Å². The predicted molar refractivity (Wildman–Crippen MR) is 89.3 cm³/mol. The lowest BCUT2D eigenvalue weighted by Gasteiger charge is -2.27. The first kappa shape index (κ1) is 17.0. The summed E-state index contributed by atoms with van der Waals surface area (Å²) in [6.07, 6.45) is 5.92. The van der Waals surface area contributed by atoms with Crippen LogP contribution in [0.2, 0.25) is 0 Å². The van der Waals surface area contributed by atoms with E-state index >= 15 is 0 Å². The van der Waals surface area contributed by atoms with Gasteiger partial charge >= 0.3 is 0 Å². The van der Waals surface area contributed by atoms with Crippen molar-refractivity contribution in [1.29, 1.82) is 0 Å². The summed E-state index contributed by atoms with van der Waals surface area (Å²) in [7, 11) is 0. The minimum atomic E-state index is -0.256. The van der Waals surface area contributed by atoms with Crippen molar-refractivity contribution in [3.63, 3.8) is 0 Å². The third-order valence-corrected chi connectivity index (χ3v) is 5.34. The van der Waals surface area contributed by atoms with Gasteiger partial charge in [0.2, 0.25) is 6.54 Å². The van der Waals surface area contributed by atoms with Crippen LogP contribution in [-0.2, 0) is 10.5 Å². The molecule has 0 spiro atoms. The van der Waals surface area contributed by atoms with Crippen LogP contribution in [-0.4, -0.2) is 16.6 Å². The smallest absolute Gasteiger partial charge is 0.207 e. The van der Waals surface area contributed by atoms with Crippen LogP contribution in [0.15, 0.2) is 30.3 Å². The Morgan fingerprint density at radius 3 is 2.55 bits per heavy atom. The molecule has 5 heteroatoms. The van der Waals surface area contributed by atoms with Crippen LogP contribution < -0.4 is 0 Å². The van der Waals surface area contributed by atoms with Gasteiger partial charge < -0.3 is 0 Å². The van der Waals surface area contributed by atoms with Gasteiger partial charge in [0.25, 0.3) is 0 Å². The second kappa shape index (κ2) is 8.93. The minimum absolute atomic E-state index is 0.0672. The van der Waals surface area contributed by atoms with E-state index in [4.69, 9.17) is 0 Å². The molecule has 0 heterocycles. The third-order valence-electron chi connectivity index (χ3n) is 4.37. The standard InChI is InChI=1S/C17H23NO3S/c19-17(22-13-14-7-3-1-4-8-14)11-16(12-18(20)21)15-9-5-2-6-10-15/h1,3-4,7-8,15-16H,2,5-6,9-13H2/t16-/m1/s1. The van der Waals surface area contributed by atoms with Gasteiger partial charge in [-0.05, 0) is 24.3 Å². The van der Waals surface area contributed by atoms with E-state index in [0.717, 1.165) is 31.2 Å². The van der Waals surface area contributed by atoms with Gasteiger partial charge in [-0.25, -0.2) is 0 Å². The molecule has 1 fully saturated rings. The minimum Gasteiger partial charge on any atom is -0.287 e. The van der Waals surface area contributed by atoms with Gasteiger partial charge in [0, 0.05) is 23.0 Å². The largest absolute Gasteiger partial charge is 0.287 e. The van der Waals surface area contributed by atoms with Crippen LogP contribution in [0.1, 0.15) is 44.1 Å². The molecule has 1 atom stereocenters. The van der Waals surface area contributed by atoms with Crippen molar-refractivity contribution in [3.8, 4) is 0 Å². The third kappa shape index (κ3) is 5.79. The zero-order valence-corrected chi connectivity index (χ0v) is 13.6. The molecule has 0 amide bonds. The van der Waals surface area contributed by atoms with E-state index in [-0.39, 0.29) is 22.5 Å². The first-order valence-corrected chi connectivity index (χ1v) is 8.95. The molecule has 0 aliphatic heterocycles. The summed E-state index contributed by atoms with van der Waals surface area (Å²) in [5.74, 6) is 0.904. The molecule has 0 bridgehead atoms. The molecule has 1 aliphatic carbocycles. The molecular formula is C17H23NO3S. The van der Waals surface area contributed by atoms with Gasteiger partial charge in [0.05, 0.1) is 0 Å². The van der Waals surface area contributed by atoms with Gasteiger partial charge in [0.15, 0.2) is 5.12 Å². The fraction of sp³-hybridized carbons (Fsp3) is 0.588. The number of hydrogen-bond acceptors (Lipinski definition) is 4. The lowest BCUT2D eigenvalue weighted by atomic mass is 9.79. The lowest BCUT2D eigenvalue weighted by molar-refractivity contribution is -0.490. The Balaban J connectivity index is 1.85. The number of hydrogen-bond donors (Lipinski definition) is 0. The van der Waals surface area contributed by atoms with E-state index in [1.807, 2.05) is 30.3 Å².